The van der Waals surface area contributed by atoms with E-state index in [4.69, 9.17) is 0 Å². The minimum Gasteiger partial charge on any atom is -0.337 e. The molecule has 2 saturated heterocycles. The molecule has 3 heterocycles. The van der Waals surface area contributed by atoms with Gasteiger partial charge in [-0.3, -0.25) is 14.5 Å². The van der Waals surface area contributed by atoms with Crippen LogP contribution in [0, 0.1) is 0 Å². The van der Waals surface area contributed by atoms with Crippen molar-refractivity contribution >= 4 is 28.3 Å². The standard InChI is InChI=1S/C15H22N4O2S/c1-10-11(2)18(7-5-16-10)14(21)8-12-9-22-15(17-12)19-6-3-4-13(19)20/h9-11,16H,3-8H2,1-2H3. The normalized spacial score (nSPS) is 25.8. The number of hydrogen-bond donors (Lipinski definition) is 1. The first kappa shape index (κ1) is 15.4. The van der Waals surface area contributed by atoms with Crippen LogP contribution in [-0.2, 0) is 16.0 Å². The van der Waals surface area contributed by atoms with Crippen LogP contribution in [0.3, 0.4) is 0 Å². The lowest BCUT2D eigenvalue weighted by Crippen LogP contribution is -2.57. The summed E-state index contributed by atoms with van der Waals surface area (Å²) in [5, 5.41) is 6.00. The van der Waals surface area contributed by atoms with E-state index in [1.165, 1.54) is 11.3 Å². The third-order valence-corrected chi connectivity index (χ3v) is 5.44. The largest absolute Gasteiger partial charge is 0.337 e. The number of nitrogens with zero attached hydrogens (tertiary/aromatic N) is 3. The molecule has 1 N–H and O–H groups in total. The van der Waals surface area contributed by atoms with Crippen molar-refractivity contribution in [3.63, 3.8) is 0 Å². The van der Waals surface area contributed by atoms with Gasteiger partial charge in [-0.15, -0.1) is 11.3 Å². The predicted molar refractivity (Wildman–Crippen MR) is 86.0 cm³/mol. The summed E-state index contributed by atoms with van der Waals surface area (Å²) in [4.78, 5) is 32.4. The van der Waals surface area contributed by atoms with Crippen LogP contribution in [0.15, 0.2) is 5.38 Å². The van der Waals surface area contributed by atoms with Gasteiger partial charge in [0.1, 0.15) is 0 Å². The summed E-state index contributed by atoms with van der Waals surface area (Å²) in [7, 11) is 0. The molecule has 0 aromatic carbocycles. The van der Waals surface area contributed by atoms with Crippen LogP contribution in [0.1, 0.15) is 32.4 Å². The molecular weight excluding hydrogens is 300 g/mol. The van der Waals surface area contributed by atoms with Crippen LogP contribution in [0.2, 0.25) is 0 Å². The summed E-state index contributed by atoms with van der Waals surface area (Å²) >= 11 is 1.45. The second-order valence-corrected chi connectivity index (χ2v) is 6.85. The minimum atomic E-state index is 0.116. The second kappa shape index (κ2) is 6.34. The maximum Gasteiger partial charge on any atom is 0.228 e. The van der Waals surface area contributed by atoms with Crippen LogP contribution in [0.5, 0.6) is 0 Å². The van der Waals surface area contributed by atoms with E-state index in [1.54, 1.807) is 4.90 Å². The van der Waals surface area contributed by atoms with Crippen molar-refractivity contribution in [3.05, 3.63) is 11.1 Å². The molecule has 0 saturated carbocycles. The Bertz CT molecular complexity index is 574. The van der Waals surface area contributed by atoms with Crippen molar-refractivity contribution in [1.29, 1.82) is 0 Å². The molecule has 0 aliphatic carbocycles. The van der Waals surface area contributed by atoms with Crippen molar-refractivity contribution in [1.82, 2.24) is 15.2 Å². The molecule has 0 bridgehead atoms. The summed E-state index contributed by atoms with van der Waals surface area (Å²) in [6.07, 6.45) is 1.81. The average molecular weight is 322 g/mol. The maximum absolute atomic E-state index is 12.5. The highest BCUT2D eigenvalue weighted by Gasteiger charge is 2.29. The molecule has 0 radical (unpaired) electrons. The zero-order valence-corrected chi connectivity index (χ0v) is 13.9. The quantitative estimate of drug-likeness (QED) is 0.902. The fraction of sp³-hybridized carbons (Fsp3) is 0.667. The van der Waals surface area contributed by atoms with E-state index in [2.05, 4.69) is 24.1 Å². The summed E-state index contributed by atoms with van der Waals surface area (Å²) in [5.41, 5.74) is 0.767. The van der Waals surface area contributed by atoms with Crippen molar-refractivity contribution in [3.8, 4) is 0 Å². The molecule has 1 aromatic rings. The molecule has 2 fully saturated rings. The molecule has 2 atom stereocenters. The third-order valence-electron chi connectivity index (χ3n) is 4.53. The summed E-state index contributed by atoms with van der Waals surface area (Å²) in [6, 6.07) is 0.505. The highest BCUT2D eigenvalue weighted by Crippen LogP contribution is 2.25. The van der Waals surface area contributed by atoms with Crippen LogP contribution in [0.25, 0.3) is 0 Å². The topological polar surface area (TPSA) is 65.5 Å². The molecule has 3 rings (SSSR count). The minimum absolute atomic E-state index is 0.116. The van der Waals surface area contributed by atoms with Crippen LogP contribution in [0.4, 0.5) is 5.13 Å². The number of hydrogen-bond acceptors (Lipinski definition) is 5. The molecule has 0 spiro atoms. The lowest BCUT2D eigenvalue weighted by atomic mass is 10.1. The number of aromatic nitrogens is 1. The Balaban J connectivity index is 1.64. The number of nitrogens with one attached hydrogen (secondary N) is 1. The Morgan fingerprint density at radius 1 is 1.45 bits per heavy atom. The molecule has 2 aliphatic heterocycles. The first-order chi connectivity index (χ1) is 10.6. The average Bonchev–Trinajstić information content (AvgIpc) is 3.10. The van der Waals surface area contributed by atoms with Gasteiger partial charge in [0.15, 0.2) is 5.13 Å². The molecule has 2 unspecified atom stereocenters. The zero-order valence-electron chi connectivity index (χ0n) is 13.0. The van der Waals surface area contributed by atoms with Crippen molar-refractivity contribution in [2.75, 3.05) is 24.5 Å². The summed E-state index contributed by atoms with van der Waals surface area (Å²) in [5.74, 6) is 0.252. The SMILES string of the molecule is CC1NCCN(C(=O)Cc2csc(N3CCCC3=O)n2)C1C. The highest BCUT2D eigenvalue weighted by atomic mass is 32.1. The van der Waals surface area contributed by atoms with E-state index in [1.807, 2.05) is 10.3 Å². The summed E-state index contributed by atoms with van der Waals surface area (Å²) in [6.45, 7) is 6.49. The lowest BCUT2D eigenvalue weighted by Gasteiger charge is -2.38. The van der Waals surface area contributed by atoms with E-state index in [0.29, 0.717) is 18.9 Å². The van der Waals surface area contributed by atoms with Gasteiger partial charge in [-0.2, -0.15) is 0 Å². The number of piperazine rings is 1. The summed E-state index contributed by atoms with van der Waals surface area (Å²) < 4.78 is 0. The molecule has 2 amide bonds. The van der Waals surface area contributed by atoms with Gasteiger partial charge in [-0.1, -0.05) is 0 Å². The van der Waals surface area contributed by atoms with Gasteiger partial charge in [-0.05, 0) is 20.3 Å². The van der Waals surface area contributed by atoms with E-state index in [9.17, 15) is 9.59 Å². The number of carbonyl (C=O) groups is 2. The lowest BCUT2D eigenvalue weighted by molar-refractivity contribution is -0.134. The number of rotatable bonds is 3. The first-order valence-electron chi connectivity index (χ1n) is 7.84. The van der Waals surface area contributed by atoms with Gasteiger partial charge in [0.2, 0.25) is 11.8 Å². The van der Waals surface area contributed by atoms with Crippen LogP contribution in [-0.4, -0.2) is 53.4 Å². The number of amides is 2. The van der Waals surface area contributed by atoms with Gasteiger partial charge in [0.25, 0.3) is 0 Å². The second-order valence-electron chi connectivity index (χ2n) is 6.02. The van der Waals surface area contributed by atoms with Gasteiger partial charge >= 0.3 is 0 Å². The zero-order chi connectivity index (χ0) is 15.7. The molecule has 120 valence electrons. The van der Waals surface area contributed by atoms with Crippen LogP contribution >= 0.6 is 11.3 Å². The van der Waals surface area contributed by atoms with E-state index >= 15 is 0 Å². The fourth-order valence-electron chi connectivity index (χ4n) is 3.02. The highest BCUT2D eigenvalue weighted by molar-refractivity contribution is 7.14. The number of thiazole rings is 1. The van der Waals surface area contributed by atoms with Gasteiger partial charge in [-0.25, -0.2) is 4.98 Å². The Morgan fingerprint density at radius 3 is 3.00 bits per heavy atom. The third kappa shape index (κ3) is 3.01. The Hall–Kier alpha value is -1.47. The van der Waals surface area contributed by atoms with E-state index in [-0.39, 0.29) is 17.9 Å². The monoisotopic (exact) mass is 322 g/mol. The van der Waals surface area contributed by atoms with Crippen molar-refractivity contribution in [2.24, 2.45) is 0 Å². The Morgan fingerprint density at radius 2 is 2.27 bits per heavy atom. The molecule has 2 aliphatic rings. The molecular formula is C15H22N4O2S. The van der Waals surface area contributed by atoms with Crippen LogP contribution < -0.4 is 10.2 Å². The van der Waals surface area contributed by atoms with Gasteiger partial charge < -0.3 is 10.2 Å². The Labute approximate surface area is 134 Å². The molecule has 1 aromatic heterocycles. The number of anilines is 1. The van der Waals surface area contributed by atoms with Crippen molar-refractivity contribution in [2.45, 2.75) is 45.2 Å². The predicted octanol–water partition coefficient (Wildman–Crippen LogP) is 1.02. The molecule has 22 heavy (non-hydrogen) atoms. The smallest absolute Gasteiger partial charge is 0.228 e. The fourth-order valence-corrected chi connectivity index (χ4v) is 3.88. The Kier molecular flexibility index (Phi) is 4.44. The molecule has 6 nitrogen and oxygen atoms in total. The van der Waals surface area contributed by atoms with E-state index in [0.717, 1.165) is 36.9 Å². The first-order valence-corrected chi connectivity index (χ1v) is 8.72. The van der Waals surface area contributed by atoms with Gasteiger partial charge in [0, 0.05) is 43.5 Å². The van der Waals surface area contributed by atoms with Crippen molar-refractivity contribution < 1.29 is 9.59 Å². The van der Waals surface area contributed by atoms with E-state index < -0.39 is 0 Å². The maximum atomic E-state index is 12.5. The molecule has 7 heteroatoms. The number of carbonyl (C=O) groups excluding carboxylic acids is 2. The van der Waals surface area contributed by atoms with Gasteiger partial charge in [0.05, 0.1) is 12.1 Å².